The van der Waals surface area contributed by atoms with E-state index in [-0.39, 0.29) is 5.91 Å². The molecule has 0 aliphatic heterocycles. The summed E-state index contributed by atoms with van der Waals surface area (Å²) in [5.41, 5.74) is 0.394. The van der Waals surface area contributed by atoms with Crippen molar-refractivity contribution >= 4 is 5.91 Å². The maximum atomic E-state index is 11.0. The Kier molecular flexibility index (Phi) is 3.12. The molecule has 0 saturated heterocycles. The summed E-state index contributed by atoms with van der Waals surface area (Å²) in [5, 5.41) is 2.98. The minimum Gasteiger partial charge on any atom is -0.356 e. The minimum atomic E-state index is 0.183. The van der Waals surface area contributed by atoms with E-state index in [0.29, 0.717) is 11.8 Å². The van der Waals surface area contributed by atoms with E-state index in [1.165, 1.54) is 25.7 Å². The fourth-order valence-electron chi connectivity index (χ4n) is 1.84. The van der Waals surface area contributed by atoms with E-state index in [0.717, 1.165) is 6.54 Å². The van der Waals surface area contributed by atoms with E-state index in [1.54, 1.807) is 0 Å². The largest absolute Gasteiger partial charge is 0.356 e. The van der Waals surface area contributed by atoms with E-state index in [4.69, 9.17) is 0 Å². The molecule has 0 bridgehead atoms. The number of hydrogen-bond donors (Lipinski definition) is 1. The van der Waals surface area contributed by atoms with Crippen molar-refractivity contribution in [2.75, 3.05) is 6.54 Å². The zero-order chi connectivity index (χ0) is 9.03. The molecule has 70 valence electrons. The molecule has 1 rings (SSSR count). The highest BCUT2D eigenvalue weighted by atomic mass is 16.1. The molecule has 0 aromatic carbocycles. The molecule has 0 heterocycles. The molecule has 0 radical (unpaired) electrons. The summed E-state index contributed by atoms with van der Waals surface area (Å²) in [6.45, 7) is 5.04. The van der Waals surface area contributed by atoms with Gasteiger partial charge in [0.25, 0.3) is 0 Å². The van der Waals surface area contributed by atoms with Crippen LogP contribution in [0.1, 0.15) is 46.0 Å². The molecule has 1 saturated carbocycles. The van der Waals surface area contributed by atoms with Crippen LogP contribution in [0.4, 0.5) is 0 Å². The van der Waals surface area contributed by atoms with Crippen molar-refractivity contribution in [2.24, 2.45) is 5.41 Å². The van der Waals surface area contributed by atoms with Gasteiger partial charge in [-0.05, 0) is 18.3 Å². The lowest BCUT2D eigenvalue weighted by Gasteiger charge is -2.23. The van der Waals surface area contributed by atoms with Crippen LogP contribution in [-0.4, -0.2) is 12.5 Å². The number of rotatable bonds is 3. The average molecular weight is 169 g/mol. The molecular formula is C10H19NO. The van der Waals surface area contributed by atoms with Crippen LogP contribution in [0.25, 0.3) is 0 Å². The van der Waals surface area contributed by atoms with Gasteiger partial charge in [0.2, 0.25) is 5.91 Å². The van der Waals surface area contributed by atoms with Gasteiger partial charge in [0.15, 0.2) is 0 Å². The van der Waals surface area contributed by atoms with Crippen LogP contribution in [0.2, 0.25) is 0 Å². The average Bonchev–Trinajstić information content (AvgIpc) is 2.49. The number of carbonyl (C=O) groups excluding carboxylic acids is 1. The van der Waals surface area contributed by atoms with Crippen molar-refractivity contribution in [3.8, 4) is 0 Å². The molecule has 2 nitrogen and oxygen atoms in total. The zero-order valence-corrected chi connectivity index (χ0v) is 8.15. The van der Waals surface area contributed by atoms with Gasteiger partial charge in [0.1, 0.15) is 0 Å². The highest BCUT2D eigenvalue weighted by Crippen LogP contribution is 2.36. The second-order valence-electron chi connectivity index (χ2n) is 4.15. The van der Waals surface area contributed by atoms with Gasteiger partial charge in [-0.25, -0.2) is 0 Å². The number of carbonyl (C=O) groups is 1. The molecule has 0 spiro atoms. The van der Waals surface area contributed by atoms with E-state index < -0.39 is 0 Å². The number of nitrogens with one attached hydrogen (secondary N) is 1. The second-order valence-corrected chi connectivity index (χ2v) is 4.15. The first-order valence-electron chi connectivity index (χ1n) is 4.93. The predicted molar refractivity (Wildman–Crippen MR) is 49.9 cm³/mol. The van der Waals surface area contributed by atoms with Crippen molar-refractivity contribution in [3.63, 3.8) is 0 Å². The van der Waals surface area contributed by atoms with Gasteiger partial charge >= 0.3 is 0 Å². The summed E-state index contributed by atoms with van der Waals surface area (Å²) in [6.07, 6.45) is 5.82. The first-order chi connectivity index (χ1) is 5.66. The summed E-state index contributed by atoms with van der Waals surface area (Å²) in [7, 11) is 0. The molecule has 0 atom stereocenters. The molecule has 0 aromatic rings. The Bertz CT molecular complexity index is 159. The van der Waals surface area contributed by atoms with Gasteiger partial charge in [0, 0.05) is 13.0 Å². The van der Waals surface area contributed by atoms with E-state index in [1.807, 2.05) is 6.92 Å². The Morgan fingerprint density at radius 3 is 2.50 bits per heavy atom. The molecule has 1 N–H and O–H groups in total. The van der Waals surface area contributed by atoms with Crippen LogP contribution in [0.5, 0.6) is 0 Å². The molecule has 12 heavy (non-hydrogen) atoms. The van der Waals surface area contributed by atoms with Gasteiger partial charge in [0.05, 0.1) is 0 Å². The fraction of sp³-hybridized carbons (Fsp3) is 0.900. The van der Waals surface area contributed by atoms with Crippen LogP contribution < -0.4 is 5.32 Å². The lowest BCUT2D eigenvalue weighted by Crippen LogP contribution is -2.33. The number of amides is 1. The molecule has 2 heteroatoms. The zero-order valence-electron chi connectivity index (χ0n) is 8.15. The Labute approximate surface area is 74.7 Å². The van der Waals surface area contributed by atoms with E-state index in [9.17, 15) is 4.79 Å². The predicted octanol–water partition coefficient (Wildman–Crippen LogP) is 2.09. The molecule has 1 amide bonds. The van der Waals surface area contributed by atoms with Crippen molar-refractivity contribution < 1.29 is 4.79 Å². The van der Waals surface area contributed by atoms with Crippen molar-refractivity contribution in [1.82, 2.24) is 5.32 Å². The van der Waals surface area contributed by atoms with E-state index >= 15 is 0 Å². The van der Waals surface area contributed by atoms with Crippen molar-refractivity contribution in [3.05, 3.63) is 0 Å². The number of hydrogen-bond acceptors (Lipinski definition) is 1. The Morgan fingerprint density at radius 1 is 1.42 bits per heavy atom. The normalized spacial score (nSPS) is 20.8. The van der Waals surface area contributed by atoms with Gasteiger partial charge in [-0.1, -0.05) is 26.7 Å². The summed E-state index contributed by atoms with van der Waals surface area (Å²) in [5.74, 6) is 0.183. The second kappa shape index (κ2) is 3.92. The molecule has 1 fully saturated rings. The fourth-order valence-corrected chi connectivity index (χ4v) is 1.84. The summed E-state index contributed by atoms with van der Waals surface area (Å²) in [4.78, 5) is 11.0. The molecule has 1 aliphatic rings. The van der Waals surface area contributed by atoms with Crippen LogP contribution in [0.3, 0.4) is 0 Å². The third-order valence-electron chi connectivity index (χ3n) is 2.84. The van der Waals surface area contributed by atoms with Crippen LogP contribution in [0.15, 0.2) is 0 Å². The third-order valence-corrected chi connectivity index (χ3v) is 2.84. The first-order valence-corrected chi connectivity index (χ1v) is 4.93. The molecule has 1 aliphatic carbocycles. The van der Waals surface area contributed by atoms with Crippen molar-refractivity contribution in [2.45, 2.75) is 46.0 Å². The lowest BCUT2D eigenvalue weighted by atomic mass is 9.89. The Hall–Kier alpha value is -0.530. The standard InChI is InChI=1S/C10H19NO/c1-3-9(12)11-8-10(2)6-4-5-7-10/h3-8H2,1-2H3,(H,11,12). The third kappa shape index (κ3) is 2.50. The SMILES string of the molecule is CCC(=O)NCC1(C)CCCC1. The van der Waals surface area contributed by atoms with Crippen molar-refractivity contribution in [1.29, 1.82) is 0 Å². The summed E-state index contributed by atoms with van der Waals surface area (Å²) < 4.78 is 0. The maximum Gasteiger partial charge on any atom is 0.219 e. The van der Waals surface area contributed by atoms with Gasteiger partial charge in [-0.15, -0.1) is 0 Å². The van der Waals surface area contributed by atoms with Crippen LogP contribution in [0, 0.1) is 5.41 Å². The van der Waals surface area contributed by atoms with Gasteiger partial charge in [-0.2, -0.15) is 0 Å². The van der Waals surface area contributed by atoms with Gasteiger partial charge in [-0.3, -0.25) is 4.79 Å². The summed E-state index contributed by atoms with van der Waals surface area (Å²) in [6, 6.07) is 0. The van der Waals surface area contributed by atoms with E-state index in [2.05, 4.69) is 12.2 Å². The lowest BCUT2D eigenvalue weighted by molar-refractivity contribution is -0.121. The van der Waals surface area contributed by atoms with Crippen LogP contribution in [-0.2, 0) is 4.79 Å². The van der Waals surface area contributed by atoms with Crippen LogP contribution >= 0.6 is 0 Å². The maximum absolute atomic E-state index is 11.0. The minimum absolute atomic E-state index is 0.183. The van der Waals surface area contributed by atoms with Gasteiger partial charge < -0.3 is 5.32 Å². The first kappa shape index (κ1) is 9.56. The molecule has 0 unspecified atom stereocenters. The Morgan fingerprint density at radius 2 is 2.00 bits per heavy atom. The monoisotopic (exact) mass is 169 g/mol. The smallest absolute Gasteiger partial charge is 0.219 e. The summed E-state index contributed by atoms with van der Waals surface area (Å²) >= 11 is 0. The highest BCUT2D eigenvalue weighted by molar-refractivity contribution is 5.75. The highest BCUT2D eigenvalue weighted by Gasteiger charge is 2.28. The Balaban J connectivity index is 2.25. The topological polar surface area (TPSA) is 29.1 Å². The molecule has 0 aromatic heterocycles. The quantitative estimate of drug-likeness (QED) is 0.688. The molecular weight excluding hydrogens is 150 g/mol.